The number of piperazine rings is 1. The number of nitrogens with one attached hydrogen (secondary N) is 1. The largest absolute Gasteiger partial charge is 0.369 e. The Hall–Kier alpha value is -1.91. The van der Waals surface area contributed by atoms with Crippen LogP contribution in [0, 0.1) is 0 Å². The highest BCUT2D eigenvalue weighted by Crippen LogP contribution is 2.17. The van der Waals surface area contributed by atoms with Gasteiger partial charge in [0, 0.05) is 57.3 Å². The molecule has 2 heterocycles. The van der Waals surface area contributed by atoms with Crippen molar-refractivity contribution < 1.29 is 0 Å². The van der Waals surface area contributed by atoms with E-state index in [1.54, 1.807) is 0 Å². The van der Waals surface area contributed by atoms with E-state index < -0.39 is 0 Å². The molecule has 4 heteroatoms. The third kappa shape index (κ3) is 4.53. The van der Waals surface area contributed by atoms with E-state index in [0.29, 0.717) is 0 Å². The van der Waals surface area contributed by atoms with Crippen LogP contribution in [0.4, 0.5) is 5.69 Å². The molecule has 0 atom stereocenters. The Morgan fingerprint density at radius 3 is 2.09 bits per heavy atom. The van der Waals surface area contributed by atoms with Crippen molar-refractivity contribution in [2.75, 3.05) is 37.6 Å². The van der Waals surface area contributed by atoms with Gasteiger partial charge < -0.3 is 15.1 Å². The van der Waals surface area contributed by atoms with Crippen LogP contribution in [-0.2, 0) is 13.1 Å². The molecule has 1 aromatic carbocycles. The summed E-state index contributed by atoms with van der Waals surface area (Å²) in [6.45, 7) is 9.78. The first kappa shape index (κ1) is 16.0. The SMILES string of the molecule is CCN1CCN(c2ccc(CNCc3ccncc3)cc2)CC1. The molecule has 23 heavy (non-hydrogen) atoms. The Kier molecular flexibility index (Phi) is 5.61. The lowest BCUT2D eigenvalue weighted by molar-refractivity contribution is 0.271. The molecule has 0 unspecified atom stereocenters. The van der Waals surface area contributed by atoms with Crippen molar-refractivity contribution >= 4 is 5.69 Å². The number of hydrogen-bond donors (Lipinski definition) is 1. The van der Waals surface area contributed by atoms with Gasteiger partial charge in [0.15, 0.2) is 0 Å². The molecule has 1 fully saturated rings. The molecule has 1 aliphatic heterocycles. The number of hydrogen-bond acceptors (Lipinski definition) is 4. The van der Waals surface area contributed by atoms with E-state index in [2.05, 4.69) is 51.3 Å². The number of anilines is 1. The van der Waals surface area contributed by atoms with E-state index in [1.165, 1.54) is 29.9 Å². The molecule has 0 aliphatic carbocycles. The first-order chi connectivity index (χ1) is 11.3. The molecule has 0 bridgehead atoms. The average molecular weight is 310 g/mol. The van der Waals surface area contributed by atoms with Crippen molar-refractivity contribution in [3.05, 3.63) is 59.9 Å². The van der Waals surface area contributed by atoms with Crippen molar-refractivity contribution in [2.45, 2.75) is 20.0 Å². The molecule has 4 nitrogen and oxygen atoms in total. The summed E-state index contributed by atoms with van der Waals surface area (Å²) in [6.07, 6.45) is 3.67. The summed E-state index contributed by atoms with van der Waals surface area (Å²) in [5, 5.41) is 3.48. The minimum absolute atomic E-state index is 0.878. The normalized spacial score (nSPS) is 15.8. The van der Waals surface area contributed by atoms with Crippen molar-refractivity contribution in [1.82, 2.24) is 15.2 Å². The van der Waals surface area contributed by atoms with Crippen molar-refractivity contribution in [1.29, 1.82) is 0 Å². The van der Waals surface area contributed by atoms with Crippen LogP contribution in [0.1, 0.15) is 18.1 Å². The van der Waals surface area contributed by atoms with E-state index in [0.717, 1.165) is 32.7 Å². The summed E-state index contributed by atoms with van der Waals surface area (Å²) in [4.78, 5) is 9.03. The average Bonchev–Trinajstić information content (AvgIpc) is 2.63. The Morgan fingerprint density at radius 1 is 0.870 bits per heavy atom. The van der Waals surface area contributed by atoms with Crippen LogP contribution in [0.15, 0.2) is 48.8 Å². The second-order valence-electron chi connectivity index (χ2n) is 6.05. The third-order valence-electron chi connectivity index (χ3n) is 4.53. The predicted octanol–water partition coefficient (Wildman–Crippen LogP) is 2.51. The van der Waals surface area contributed by atoms with Gasteiger partial charge in [0.05, 0.1) is 0 Å². The topological polar surface area (TPSA) is 31.4 Å². The molecule has 0 radical (unpaired) electrons. The number of likely N-dealkylation sites (N-methyl/N-ethyl adjacent to an activating group) is 1. The Morgan fingerprint density at radius 2 is 1.48 bits per heavy atom. The first-order valence-corrected chi connectivity index (χ1v) is 8.51. The second kappa shape index (κ2) is 8.09. The van der Waals surface area contributed by atoms with Gasteiger partial charge in [-0.05, 0) is 41.9 Å². The lowest BCUT2D eigenvalue weighted by Gasteiger charge is -2.35. The number of pyridine rings is 1. The molecule has 1 aromatic heterocycles. The summed E-state index contributed by atoms with van der Waals surface area (Å²) in [6, 6.07) is 13.1. The highest BCUT2D eigenvalue weighted by Gasteiger charge is 2.15. The lowest BCUT2D eigenvalue weighted by Crippen LogP contribution is -2.46. The molecule has 1 saturated heterocycles. The van der Waals surface area contributed by atoms with Gasteiger partial charge in [-0.15, -0.1) is 0 Å². The van der Waals surface area contributed by atoms with Crippen molar-refractivity contribution in [2.24, 2.45) is 0 Å². The third-order valence-corrected chi connectivity index (χ3v) is 4.53. The fourth-order valence-electron chi connectivity index (χ4n) is 3.00. The van der Waals surface area contributed by atoms with Crippen LogP contribution in [-0.4, -0.2) is 42.6 Å². The predicted molar refractivity (Wildman–Crippen MR) is 95.5 cm³/mol. The number of aromatic nitrogens is 1. The molecule has 0 amide bonds. The zero-order chi connectivity index (χ0) is 15.9. The Labute approximate surface area is 139 Å². The smallest absolute Gasteiger partial charge is 0.0367 e. The maximum Gasteiger partial charge on any atom is 0.0367 e. The van der Waals surface area contributed by atoms with E-state index in [9.17, 15) is 0 Å². The molecule has 0 saturated carbocycles. The van der Waals surface area contributed by atoms with Crippen molar-refractivity contribution in [3.8, 4) is 0 Å². The number of nitrogens with zero attached hydrogens (tertiary/aromatic N) is 3. The van der Waals surface area contributed by atoms with Gasteiger partial charge in [0.25, 0.3) is 0 Å². The molecule has 122 valence electrons. The van der Waals surface area contributed by atoms with Gasteiger partial charge in [0.1, 0.15) is 0 Å². The number of rotatable bonds is 6. The van der Waals surface area contributed by atoms with Gasteiger partial charge in [-0.2, -0.15) is 0 Å². The van der Waals surface area contributed by atoms with E-state index in [4.69, 9.17) is 0 Å². The Balaban J connectivity index is 1.47. The van der Waals surface area contributed by atoms with Gasteiger partial charge in [-0.3, -0.25) is 4.98 Å². The molecular formula is C19H26N4. The highest BCUT2D eigenvalue weighted by atomic mass is 15.3. The molecular weight excluding hydrogens is 284 g/mol. The molecule has 1 N–H and O–H groups in total. The van der Waals surface area contributed by atoms with Crippen molar-refractivity contribution in [3.63, 3.8) is 0 Å². The zero-order valence-corrected chi connectivity index (χ0v) is 13.9. The number of benzene rings is 1. The zero-order valence-electron chi connectivity index (χ0n) is 13.9. The minimum atomic E-state index is 0.878. The first-order valence-electron chi connectivity index (χ1n) is 8.51. The lowest BCUT2D eigenvalue weighted by atomic mass is 10.1. The van der Waals surface area contributed by atoms with Gasteiger partial charge >= 0.3 is 0 Å². The minimum Gasteiger partial charge on any atom is -0.369 e. The summed E-state index contributed by atoms with van der Waals surface area (Å²) in [7, 11) is 0. The van der Waals surface area contributed by atoms with E-state index in [1.807, 2.05) is 24.5 Å². The molecule has 2 aromatic rings. The highest BCUT2D eigenvalue weighted by molar-refractivity contribution is 5.48. The van der Waals surface area contributed by atoms with Crippen LogP contribution in [0.25, 0.3) is 0 Å². The maximum absolute atomic E-state index is 4.04. The monoisotopic (exact) mass is 310 g/mol. The summed E-state index contributed by atoms with van der Waals surface area (Å²) >= 11 is 0. The Bertz CT molecular complexity index is 574. The van der Waals surface area contributed by atoms with Crippen LogP contribution in [0.2, 0.25) is 0 Å². The quantitative estimate of drug-likeness (QED) is 0.888. The van der Waals surface area contributed by atoms with Crippen LogP contribution in [0.5, 0.6) is 0 Å². The second-order valence-corrected chi connectivity index (χ2v) is 6.05. The van der Waals surface area contributed by atoms with Gasteiger partial charge in [-0.25, -0.2) is 0 Å². The molecule has 3 rings (SSSR count). The van der Waals surface area contributed by atoms with Crippen LogP contribution >= 0.6 is 0 Å². The molecule has 1 aliphatic rings. The van der Waals surface area contributed by atoms with Gasteiger partial charge in [-0.1, -0.05) is 19.1 Å². The maximum atomic E-state index is 4.04. The summed E-state index contributed by atoms with van der Waals surface area (Å²) in [5.41, 5.74) is 3.94. The van der Waals surface area contributed by atoms with Gasteiger partial charge in [0.2, 0.25) is 0 Å². The van der Waals surface area contributed by atoms with Crippen LogP contribution in [0.3, 0.4) is 0 Å². The van der Waals surface area contributed by atoms with E-state index in [-0.39, 0.29) is 0 Å². The van der Waals surface area contributed by atoms with Crippen LogP contribution < -0.4 is 10.2 Å². The fourth-order valence-corrected chi connectivity index (χ4v) is 3.00. The fraction of sp³-hybridized carbons (Fsp3) is 0.421. The summed E-state index contributed by atoms with van der Waals surface area (Å²) in [5.74, 6) is 0. The molecule has 0 spiro atoms. The summed E-state index contributed by atoms with van der Waals surface area (Å²) < 4.78 is 0. The van der Waals surface area contributed by atoms with E-state index >= 15 is 0 Å². The standard InChI is InChI=1S/C19H26N4/c1-2-22-11-13-23(14-12-22)19-5-3-17(4-6-19)15-21-16-18-7-9-20-10-8-18/h3-10,21H,2,11-16H2,1H3.